The van der Waals surface area contributed by atoms with Crippen LogP contribution < -0.4 is 5.32 Å². The summed E-state index contributed by atoms with van der Waals surface area (Å²) in [5.74, 6) is -0.659. The van der Waals surface area contributed by atoms with E-state index in [1.165, 1.54) is 24.3 Å². The lowest BCUT2D eigenvalue weighted by atomic mass is 10.2. The molecule has 1 amide bonds. The summed E-state index contributed by atoms with van der Waals surface area (Å²) >= 11 is 6.01. The Morgan fingerprint density at radius 1 is 1.24 bits per heavy atom. The number of furan rings is 1. The highest BCUT2D eigenvalue weighted by atomic mass is 35.5. The fourth-order valence-corrected chi connectivity index (χ4v) is 2.23. The molecule has 0 fully saturated rings. The number of hydrogen-bond acceptors (Lipinski definition) is 2. The molecule has 3 aromatic rings. The van der Waals surface area contributed by atoms with Gasteiger partial charge in [-0.25, -0.2) is 4.39 Å². The molecule has 0 radical (unpaired) electrons. The van der Waals surface area contributed by atoms with Crippen molar-refractivity contribution in [3.05, 3.63) is 64.6 Å². The number of hydrogen-bond donors (Lipinski definition) is 1. The minimum atomic E-state index is -0.406. The summed E-state index contributed by atoms with van der Waals surface area (Å²) in [4.78, 5) is 12.2. The van der Waals surface area contributed by atoms with Gasteiger partial charge in [0.1, 0.15) is 11.4 Å². The van der Waals surface area contributed by atoms with Crippen molar-refractivity contribution in [2.45, 2.75) is 6.92 Å². The van der Waals surface area contributed by atoms with Gasteiger partial charge in [0.15, 0.2) is 5.76 Å². The molecule has 1 N–H and O–H groups in total. The van der Waals surface area contributed by atoms with Gasteiger partial charge in [0.2, 0.25) is 0 Å². The first-order chi connectivity index (χ1) is 10.0. The molecule has 21 heavy (non-hydrogen) atoms. The Kier molecular flexibility index (Phi) is 3.39. The first kappa shape index (κ1) is 13.6. The predicted octanol–water partition coefficient (Wildman–Crippen LogP) is 4.79. The molecule has 0 saturated heterocycles. The number of rotatable bonds is 2. The zero-order chi connectivity index (χ0) is 15.0. The highest BCUT2D eigenvalue weighted by Gasteiger charge is 2.14. The van der Waals surface area contributed by atoms with Crippen LogP contribution in [0.1, 0.15) is 16.1 Å². The van der Waals surface area contributed by atoms with E-state index in [9.17, 15) is 9.18 Å². The van der Waals surface area contributed by atoms with Crippen LogP contribution in [0, 0.1) is 12.7 Å². The van der Waals surface area contributed by atoms with E-state index >= 15 is 0 Å². The second-order valence-electron chi connectivity index (χ2n) is 4.66. The topological polar surface area (TPSA) is 42.2 Å². The molecule has 1 heterocycles. The van der Waals surface area contributed by atoms with E-state index in [0.29, 0.717) is 21.7 Å². The number of anilines is 1. The Morgan fingerprint density at radius 2 is 2.05 bits per heavy atom. The van der Waals surface area contributed by atoms with E-state index in [1.54, 1.807) is 18.2 Å². The Hall–Kier alpha value is -2.33. The SMILES string of the molecule is Cc1c(Cl)cccc1NC(=O)c1cc2cc(F)ccc2o1. The molecule has 1 aromatic heterocycles. The van der Waals surface area contributed by atoms with Crippen molar-refractivity contribution in [1.82, 2.24) is 0 Å². The van der Waals surface area contributed by atoms with Crippen LogP contribution in [0.4, 0.5) is 10.1 Å². The highest BCUT2D eigenvalue weighted by Crippen LogP contribution is 2.25. The van der Waals surface area contributed by atoms with Gasteiger partial charge in [-0.05, 0) is 48.9 Å². The maximum absolute atomic E-state index is 13.1. The molecular formula is C16H11ClFNO2. The third-order valence-electron chi connectivity index (χ3n) is 3.22. The number of carbonyl (C=O) groups is 1. The Morgan fingerprint density at radius 3 is 2.86 bits per heavy atom. The summed E-state index contributed by atoms with van der Waals surface area (Å²) in [6.07, 6.45) is 0. The first-order valence-corrected chi connectivity index (χ1v) is 6.68. The zero-order valence-corrected chi connectivity index (χ0v) is 11.9. The van der Waals surface area contributed by atoms with Crippen LogP contribution in [-0.4, -0.2) is 5.91 Å². The maximum atomic E-state index is 13.1. The van der Waals surface area contributed by atoms with Crippen LogP contribution in [0.15, 0.2) is 46.9 Å². The van der Waals surface area contributed by atoms with Gasteiger partial charge in [-0.2, -0.15) is 0 Å². The number of benzene rings is 2. The lowest BCUT2D eigenvalue weighted by molar-refractivity contribution is 0.0998. The van der Waals surface area contributed by atoms with Crippen LogP contribution in [0.2, 0.25) is 5.02 Å². The molecule has 0 aliphatic carbocycles. The van der Waals surface area contributed by atoms with Crippen LogP contribution in [0.5, 0.6) is 0 Å². The molecular weight excluding hydrogens is 293 g/mol. The minimum Gasteiger partial charge on any atom is -0.451 e. The monoisotopic (exact) mass is 303 g/mol. The number of nitrogens with one attached hydrogen (secondary N) is 1. The van der Waals surface area contributed by atoms with Gasteiger partial charge in [-0.15, -0.1) is 0 Å². The van der Waals surface area contributed by atoms with E-state index in [4.69, 9.17) is 16.0 Å². The summed E-state index contributed by atoms with van der Waals surface area (Å²) in [5.41, 5.74) is 1.85. The van der Waals surface area contributed by atoms with Crippen molar-refractivity contribution < 1.29 is 13.6 Å². The number of fused-ring (bicyclic) bond motifs is 1. The van der Waals surface area contributed by atoms with Gasteiger partial charge >= 0.3 is 0 Å². The molecule has 0 bridgehead atoms. The fourth-order valence-electron chi connectivity index (χ4n) is 2.05. The quantitative estimate of drug-likeness (QED) is 0.740. The fraction of sp³-hybridized carbons (Fsp3) is 0.0625. The predicted molar refractivity (Wildman–Crippen MR) is 80.3 cm³/mol. The summed E-state index contributed by atoms with van der Waals surface area (Å²) in [6.45, 7) is 1.81. The van der Waals surface area contributed by atoms with Gasteiger partial charge < -0.3 is 9.73 Å². The molecule has 0 atom stereocenters. The lowest BCUT2D eigenvalue weighted by Gasteiger charge is -2.07. The summed E-state index contributed by atoms with van der Waals surface area (Å²) in [6, 6.07) is 10.9. The average Bonchev–Trinajstić information content (AvgIpc) is 2.87. The third-order valence-corrected chi connectivity index (χ3v) is 3.63. The number of carbonyl (C=O) groups excluding carboxylic acids is 1. The van der Waals surface area contributed by atoms with Crippen LogP contribution in [0.25, 0.3) is 11.0 Å². The van der Waals surface area contributed by atoms with Gasteiger partial charge in [0.05, 0.1) is 0 Å². The molecule has 5 heteroatoms. The second-order valence-corrected chi connectivity index (χ2v) is 5.07. The van der Waals surface area contributed by atoms with E-state index in [-0.39, 0.29) is 11.6 Å². The van der Waals surface area contributed by atoms with Crippen molar-refractivity contribution in [3.8, 4) is 0 Å². The standard InChI is InChI=1S/C16H11ClFNO2/c1-9-12(17)3-2-4-13(9)19-16(20)15-8-10-7-11(18)5-6-14(10)21-15/h2-8H,1H3,(H,19,20). The molecule has 0 spiro atoms. The van der Waals surface area contributed by atoms with Gasteiger partial charge in [0.25, 0.3) is 5.91 Å². The summed E-state index contributed by atoms with van der Waals surface area (Å²) in [5, 5.41) is 3.85. The molecule has 0 aliphatic heterocycles. The summed E-state index contributed by atoms with van der Waals surface area (Å²) < 4.78 is 18.5. The highest BCUT2D eigenvalue weighted by molar-refractivity contribution is 6.31. The third kappa shape index (κ3) is 2.62. The lowest BCUT2D eigenvalue weighted by Crippen LogP contribution is -2.11. The molecule has 0 unspecified atom stereocenters. The smallest absolute Gasteiger partial charge is 0.291 e. The first-order valence-electron chi connectivity index (χ1n) is 6.30. The molecule has 2 aromatic carbocycles. The van der Waals surface area contributed by atoms with Gasteiger partial charge in [-0.3, -0.25) is 4.79 Å². The number of amides is 1. The largest absolute Gasteiger partial charge is 0.451 e. The Labute approximate surface area is 125 Å². The second kappa shape index (κ2) is 5.22. The normalized spacial score (nSPS) is 10.8. The Bertz CT molecular complexity index is 841. The average molecular weight is 304 g/mol. The van der Waals surface area contributed by atoms with Crippen molar-refractivity contribution in [1.29, 1.82) is 0 Å². The van der Waals surface area contributed by atoms with Crippen molar-refractivity contribution in [2.75, 3.05) is 5.32 Å². The van der Waals surface area contributed by atoms with Crippen molar-refractivity contribution in [3.63, 3.8) is 0 Å². The molecule has 0 aliphatic rings. The van der Waals surface area contributed by atoms with E-state index < -0.39 is 5.91 Å². The van der Waals surface area contributed by atoms with E-state index in [1.807, 2.05) is 6.92 Å². The number of halogens is 2. The van der Waals surface area contributed by atoms with Crippen LogP contribution in [-0.2, 0) is 0 Å². The van der Waals surface area contributed by atoms with Crippen LogP contribution in [0.3, 0.4) is 0 Å². The Balaban J connectivity index is 1.91. The minimum absolute atomic E-state index is 0.120. The van der Waals surface area contributed by atoms with Crippen molar-refractivity contribution >= 4 is 34.2 Å². The van der Waals surface area contributed by atoms with E-state index in [0.717, 1.165) is 5.56 Å². The zero-order valence-electron chi connectivity index (χ0n) is 11.1. The van der Waals surface area contributed by atoms with E-state index in [2.05, 4.69) is 5.32 Å². The van der Waals surface area contributed by atoms with Crippen molar-refractivity contribution in [2.24, 2.45) is 0 Å². The molecule has 3 nitrogen and oxygen atoms in total. The molecule has 106 valence electrons. The van der Waals surface area contributed by atoms with Gasteiger partial charge in [0, 0.05) is 16.1 Å². The molecule has 0 saturated carbocycles. The van der Waals surface area contributed by atoms with Crippen LogP contribution >= 0.6 is 11.6 Å². The summed E-state index contributed by atoms with van der Waals surface area (Å²) in [7, 11) is 0. The van der Waals surface area contributed by atoms with Gasteiger partial charge in [-0.1, -0.05) is 17.7 Å². The maximum Gasteiger partial charge on any atom is 0.291 e. The molecule has 3 rings (SSSR count).